The molecule has 0 aromatic heterocycles. The largest absolute Gasteiger partial charge is 0.299 e. The van der Waals surface area contributed by atoms with E-state index in [2.05, 4.69) is 0 Å². The lowest BCUT2D eigenvalue weighted by molar-refractivity contribution is -0.384. The number of carbonyl (C=O) groups excluding carboxylic acids is 2. The Bertz CT molecular complexity index is 835. The van der Waals surface area contributed by atoms with Crippen molar-refractivity contribution in [2.45, 2.75) is 44.4 Å². The summed E-state index contributed by atoms with van der Waals surface area (Å²) in [5, 5.41) is 10.9. The molecule has 0 radical (unpaired) electrons. The fraction of sp³-hybridized carbons (Fsp3) is 0.421. The minimum absolute atomic E-state index is 0.00703. The number of fused-ring (bicyclic) bond motifs is 1. The SMILES string of the molecule is O=C1CCCC2=C1[C@H](c1ccc([N+](=O)[O-])cc1)C1C(=O)CCCC1=N2. The predicted octanol–water partition coefficient (Wildman–Crippen LogP) is 3.51. The zero-order valence-corrected chi connectivity index (χ0v) is 13.7. The van der Waals surface area contributed by atoms with Gasteiger partial charge in [0, 0.05) is 47.9 Å². The molecule has 1 unspecified atom stereocenters. The number of nitro benzene ring substituents is 1. The van der Waals surface area contributed by atoms with E-state index in [9.17, 15) is 19.7 Å². The van der Waals surface area contributed by atoms with Crippen LogP contribution in [0.5, 0.6) is 0 Å². The maximum absolute atomic E-state index is 12.6. The average molecular weight is 338 g/mol. The normalized spacial score (nSPS) is 26.0. The number of benzene rings is 1. The van der Waals surface area contributed by atoms with E-state index >= 15 is 0 Å². The standard InChI is InChI=1S/C19H18N2O4/c22-15-5-1-3-13-18(15)17(11-7-9-12(10-8-11)21(24)25)19-14(20-13)4-2-6-16(19)23/h7-10,17-18H,1-6H2/t17-,18?/m1/s1. The molecule has 1 fully saturated rings. The second-order valence-electron chi connectivity index (χ2n) is 6.86. The van der Waals surface area contributed by atoms with Crippen molar-refractivity contribution in [3.05, 3.63) is 51.2 Å². The molecule has 25 heavy (non-hydrogen) atoms. The van der Waals surface area contributed by atoms with Crippen LogP contribution in [0.2, 0.25) is 0 Å². The molecule has 0 amide bonds. The monoisotopic (exact) mass is 338 g/mol. The van der Waals surface area contributed by atoms with Crippen LogP contribution in [0.1, 0.15) is 50.0 Å². The Morgan fingerprint density at radius 1 is 0.960 bits per heavy atom. The summed E-state index contributed by atoms with van der Waals surface area (Å²) in [7, 11) is 0. The Balaban J connectivity index is 1.85. The third-order valence-electron chi connectivity index (χ3n) is 5.38. The molecule has 6 nitrogen and oxygen atoms in total. The molecule has 1 aromatic rings. The van der Waals surface area contributed by atoms with Gasteiger partial charge < -0.3 is 0 Å². The number of allylic oxidation sites excluding steroid dienone is 2. The molecule has 0 N–H and O–H groups in total. The summed E-state index contributed by atoms with van der Waals surface area (Å²) in [4.78, 5) is 40.4. The van der Waals surface area contributed by atoms with Gasteiger partial charge in [-0.15, -0.1) is 0 Å². The number of nitrogens with zero attached hydrogens (tertiary/aromatic N) is 2. The molecular weight excluding hydrogens is 320 g/mol. The van der Waals surface area contributed by atoms with Crippen molar-refractivity contribution in [3.63, 3.8) is 0 Å². The minimum atomic E-state index is -0.445. The van der Waals surface area contributed by atoms with Gasteiger partial charge in [0.1, 0.15) is 5.78 Å². The second kappa shape index (κ2) is 6.02. The lowest BCUT2D eigenvalue weighted by Gasteiger charge is -2.37. The van der Waals surface area contributed by atoms with Crippen molar-refractivity contribution in [2.24, 2.45) is 10.9 Å². The number of hydrogen-bond acceptors (Lipinski definition) is 5. The number of hydrogen-bond donors (Lipinski definition) is 0. The van der Waals surface area contributed by atoms with E-state index in [-0.39, 0.29) is 23.2 Å². The number of rotatable bonds is 2. The summed E-state index contributed by atoms with van der Waals surface area (Å²) in [5.74, 6) is -0.552. The fourth-order valence-electron chi connectivity index (χ4n) is 4.26. The maximum Gasteiger partial charge on any atom is 0.269 e. The smallest absolute Gasteiger partial charge is 0.269 e. The zero-order chi connectivity index (χ0) is 17.6. The van der Waals surface area contributed by atoms with Crippen molar-refractivity contribution in [1.82, 2.24) is 0 Å². The van der Waals surface area contributed by atoms with E-state index in [4.69, 9.17) is 4.99 Å². The van der Waals surface area contributed by atoms with Crippen molar-refractivity contribution in [3.8, 4) is 0 Å². The van der Waals surface area contributed by atoms with Crippen LogP contribution in [0, 0.1) is 16.0 Å². The Morgan fingerprint density at radius 2 is 1.68 bits per heavy atom. The summed E-state index contributed by atoms with van der Waals surface area (Å²) < 4.78 is 0. The number of nitro groups is 1. The van der Waals surface area contributed by atoms with Gasteiger partial charge in [0.15, 0.2) is 5.78 Å². The van der Waals surface area contributed by atoms with Crippen molar-refractivity contribution in [1.29, 1.82) is 0 Å². The van der Waals surface area contributed by atoms with Gasteiger partial charge in [-0.2, -0.15) is 0 Å². The maximum atomic E-state index is 12.6. The molecule has 3 aliphatic rings. The van der Waals surface area contributed by atoms with E-state index in [0.29, 0.717) is 18.4 Å². The van der Waals surface area contributed by atoms with E-state index in [0.717, 1.165) is 42.7 Å². The highest BCUT2D eigenvalue weighted by atomic mass is 16.6. The lowest BCUT2D eigenvalue weighted by atomic mass is 9.67. The molecule has 4 rings (SSSR count). The first-order valence-electron chi connectivity index (χ1n) is 8.67. The molecule has 0 saturated heterocycles. The number of non-ortho nitro benzene ring substituents is 1. The number of aliphatic imine (C=N–C) groups is 1. The number of ketones is 2. The lowest BCUT2D eigenvalue weighted by Crippen LogP contribution is -2.39. The van der Waals surface area contributed by atoms with E-state index in [1.165, 1.54) is 12.1 Å². The summed E-state index contributed by atoms with van der Waals surface area (Å²) in [6.07, 6.45) is 4.12. The van der Waals surface area contributed by atoms with Gasteiger partial charge in [-0.05, 0) is 31.2 Å². The molecule has 0 spiro atoms. The van der Waals surface area contributed by atoms with Crippen molar-refractivity contribution < 1.29 is 14.5 Å². The summed E-state index contributed by atoms with van der Waals surface area (Å²) in [6.45, 7) is 0. The van der Waals surface area contributed by atoms with E-state index in [1.807, 2.05) is 0 Å². The first-order chi connectivity index (χ1) is 12.1. The van der Waals surface area contributed by atoms with Crippen LogP contribution in [0.4, 0.5) is 5.69 Å². The zero-order valence-electron chi connectivity index (χ0n) is 13.7. The molecule has 2 aliphatic carbocycles. The quantitative estimate of drug-likeness (QED) is 0.609. The van der Waals surface area contributed by atoms with Gasteiger partial charge in [0.25, 0.3) is 5.69 Å². The average Bonchev–Trinajstić information content (AvgIpc) is 2.60. The van der Waals surface area contributed by atoms with Crippen LogP contribution in [-0.4, -0.2) is 22.2 Å². The van der Waals surface area contributed by atoms with E-state index < -0.39 is 10.8 Å². The fourth-order valence-corrected chi connectivity index (χ4v) is 4.26. The summed E-state index contributed by atoms with van der Waals surface area (Å²) >= 11 is 0. The Kier molecular flexibility index (Phi) is 3.82. The highest BCUT2D eigenvalue weighted by Crippen LogP contribution is 2.46. The molecule has 128 valence electrons. The molecule has 1 heterocycles. The van der Waals surface area contributed by atoms with Gasteiger partial charge in [-0.25, -0.2) is 0 Å². The van der Waals surface area contributed by atoms with Gasteiger partial charge in [-0.1, -0.05) is 12.1 Å². The van der Waals surface area contributed by atoms with Crippen LogP contribution in [0.15, 0.2) is 40.5 Å². The Labute approximate surface area is 144 Å². The topological polar surface area (TPSA) is 89.6 Å². The van der Waals surface area contributed by atoms with Crippen LogP contribution in [0.3, 0.4) is 0 Å². The van der Waals surface area contributed by atoms with Gasteiger partial charge in [0.05, 0.1) is 10.8 Å². The third-order valence-corrected chi connectivity index (χ3v) is 5.38. The predicted molar refractivity (Wildman–Crippen MR) is 91.5 cm³/mol. The van der Waals surface area contributed by atoms with Gasteiger partial charge in [-0.3, -0.25) is 24.7 Å². The highest BCUT2D eigenvalue weighted by molar-refractivity contribution is 6.12. The highest BCUT2D eigenvalue weighted by Gasteiger charge is 2.44. The Morgan fingerprint density at radius 3 is 2.40 bits per heavy atom. The molecule has 2 atom stereocenters. The first kappa shape index (κ1) is 15.9. The van der Waals surface area contributed by atoms with E-state index in [1.54, 1.807) is 12.1 Å². The molecule has 0 bridgehead atoms. The first-order valence-corrected chi connectivity index (χ1v) is 8.67. The summed E-state index contributed by atoms with van der Waals surface area (Å²) in [6, 6.07) is 6.25. The summed E-state index contributed by atoms with van der Waals surface area (Å²) in [5.41, 5.74) is 3.16. The van der Waals surface area contributed by atoms with Crippen LogP contribution in [0.25, 0.3) is 0 Å². The Hall–Kier alpha value is -2.63. The number of Topliss-reactive ketones (excluding diaryl/α,β-unsaturated/α-hetero) is 2. The third kappa shape index (κ3) is 2.62. The molecule has 1 saturated carbocycles. The molecular formula is C19H18N2O4. The second-order valence-corrected chi connectivity index (χ2v) is 6.86. The molecule has 6 heteroatoms. The minimum Gasteiger partial charge on any atom is -0.299 e. The van der Waals surface area contributed by atoms with Crippen LogP contribution in [-0.2, 0) is 9.59 Å². The van der Waals surface area contributed by atoms with Crippen molar-refractivity contribution in [2.75, 3.05) is 0 Å². The van der Waals surface area contributed by atoms with Gasteiger partial charge in [0.2, 0.25) is 0 Å². The molecule has 1 aromatic carbocycles. The van der Waals surface area contributed by atoms with Gasteiger partial charge >= 0.3 is 0 Å². The number of carbonyl (C=O) groups is 2. The van der Waals surface area contributed by atoms with Crippen LogP contribution < -0.4 is 0 Å². The van der Waals surface area contributed by atoms with Crippen LogP contribution >= 0.6 is 0 Å². The van der Waals surface area contributed by atoms with Crippen molar-refractivity contribution >= 4 is 23.0 Å². The molecule has 1 aliphatic heterocycles.